The lowest BCUT2D eigenvalue weighted by atomic mass is 10.1. The molecule has 0 aliphatic rings. The molecule has 2 rings (SSSR count). The second-order valence-electron chi connectivity index (χ2n) is 4.16. The molecule has 0 saturated heterocycles. The van der Waals surface area contributed by atoms with E-state index in [1.54, 1.807) is 0 Å². The molecule has 21 heavy (non-hydrogen) atoms. The van der Waals surface area contributed by atoms with Crippen molar-refractivity contribution in [2.24, 2.45) is 0 Å². The summed E-state index contributed by atoms with van der Waals surface area (Å²) < 4.78 is 79.3. The van der Waals surface area contributed by atoms with Crippen molar-refractivity contribution in [3.8, 4) is 0 Å². The van der Waals surface area contributed by atoms with Crippen molar-refractivity contribution in [1.82, 2.24) is 0 Å². The molecule has 0 fully saturated rings. The van der Waals surface area contributed by atoms with Crippen molar-refractivity contribution >= 4 is 16.7 Å². The van der Waals surface area contributed by atoms with Crippen molar-refractivity contribution in [1.29, 1.82) is 0 Å². The molecule has 0 spiro atoms. The number of rotatable bonds is 2. The van der Waals surface area contributed by atoms with Crippen LogP contribution in [0, 0.1) is 0 Å². The normalized spacial score (nSPS) is 12.7. The lowest BCUT2D eigenvalue weighted by Crippen LogP contribution is -2.21. The van der Waals surface area contributed by atoms with Crippen LogP contribution < -0.4 is 10.9 Å². The van der Waals surface area contributed by atoms with Gasteiger partial charge in [-0.1, -0.05) is 0 Å². The molecule has 114 valence electrons. The van der Waals surface area contributed by atoms with Crippen molar-refractivity contribution in [3.05, 3.63) is 40.2 Å². The Labute approximate surface area is 113 Å². The summed E-state index contributed by atoms with van der Waals surface area (Å²) in [7, 11) is 0. The molecule has 0 aliphatic carbocycles. The maximum atomic E-state index is 12.8. The van der Waals surface area contributed by atoms with E-state index >= 15 is 0 Å². The summed E-state index contributed by atoms with van der Waals surface area (Å²) in [6.45, 7) is -1.39. The third-order valence-corrected chi connectivity index (χ3v) is 2.54. The summed E-state index contributed by atoms with van der Waals surface area (Å²) in [6, 6.07) is 3.21. The molecule has 0 aliphatic heterocycles. The van der Waals surface area contributed by atoms with Gasteiger partial charge in [0, 0.05) is 17.1 Å². The fourth-order valence-corrected chi connectivity index (χ4v) is 1.71. The lowest BCUT2D eigenvalue weighted by molar-refractivity contribution is -0.136. The average Bonchev–Trinajstić information content (AvgIpc) is 2.33. The number of nitrogens with one attached hydrogen (secondary N) is 1. The van der Waals surface area contributed by atoms with Gasteiger partial charge in [0.05, 0.1) is 5.56 Å². The van der Waals surface area contributed by atoms with E-state index < -0.39 is 35.5 Å². The number of benzene rings is 1. The first-order valence-corrected chi connectivity index (χ1v) is 5.52. The average molecular weight is 311 g/mol. The van der Waals surface area contributed by atoms with Gasteiger partial charge < -0.3 is 9.73 Å². The number of fused-ring (bicyclic) bond motifs is 1. The summed E-state index contributed by atoms with van der Waals surface area (Å²) >= 11 is 0. The van der Waals surface area contributed by atoms with Crippen LogP contribution in [0.5, 0.6) is 0 Å². The molecule has 0 bridgehead atoms. The number of halogens is 6. The smallest absolute Gasteiger partial charge is 0.417 e. The molecule has 0 unspecified atom stereocenters. The van der Waals surface area contributed by atoms with Gasteiger partial charge in [-0.15, -0.1) is 0 Å². The van der Waals surface area contributed by atoms with Crippen LogP contribution in [-0.4, -0.2) is 12.7 Å². The van der Waals surface area contributed by atoms with Gasteiger partial charge in [0.25, 0.3) is 0 Å². The van der Waals surface area contributed by atoms with Crippen LogP contribution in [0.15, 0.2) is 33.5 Å². The Balaban J connectivity index is 2.51. The topological polar surface area (TPSA) is 42.2 Å². The number of anilines is 1. The quantitative estimate of drug-likeness (QED) is 0.678. The third-order valence-electron chi connectivity index (χ3n) is 2.54. The molecule has 1 heterocycles. The minimum Gasteiger partial charge on any atom is -0.423 e. The van der Waals surface area contributed by atoms with E-state index in [0.717, 1.165) is 18.2 Å². The van der Waals surface area contributed by atoms with Crippen molar-refractivity contribution in [2.75, 3.05) is 11.9 Å². The molecule has 0 amide bonds. The van der Waals surface area contributed by atoms with Crippen LogP contribution in [0.4, 0.5) is 32.0 Å². The molecule has 1 aromatic carbocycles. The highest BCUT2D eigenvalue weighted by Gasteiger charge is 2.34. The van der Waals surface area contributed by atoms with E-state index in [1.807, 2.05) is 5.32 Å². The van der Waals surface area contributed by atoms with Crippen molar-refractivity contribution in [3.63, 3.8) is 0 Å². The summed E-state index contributed by atoms with van der Waals surface area (Å²) in [5, 5.41) is 1.47. The highest BCUT2D eigenvalue weighted by atomic mass is 19.4. The second kappa shape index (κ2) is 4.97. The minimum atomic E-state index is -4.82. The number of hydrogen-bond donors (Lipinski definition) is 1. The van der Waals surface area contributed by atoms with Gasteiger partial charge in [0.2, 0.25) is 0 Å². The largest absolute Gasteiger partial charge is 0.423 e. The van der Waals surface area contributed by atoms with Gasteiger partial charge in [-0.05, 0) is 18.2 Å². The highest BCUT2D eigenvalue weighted by Crippen LogP contribution is 2.34. The SMILES string of the molecule is O=c1cc(C(F)(F)F)c2cc(NCC(F)(F)F)ccc2o1. The van der Waals surface area contributed by atoms with Crippen LogP contribution in [0.3, 0.4) is 0 Å². The van der Waals surface area contributed by atoms with Crippen LogP contribution in [0.1, 0.15) is 5.56 Å². The van der Waals surface area contributed by atoms with Gasteiger partial charge in [-0.25, -0.2) is 4.79 Å². The summed E-state index contributed by atoms with van der Waals surface area (Å²) in [5.41, 5.74) is -2.97. The van der Waals surface area contributed by atoms with Crippen LogP contribution in [-0.2, 0) is 6.18 Å². The van der Waals surface area contributed by atoms with E-state index in [9.17, 15) is 31.1 Å². The summed E-state index contributed by atoms with van der Waals surface area (Å²) in [6.07, 6.45) is -9.33. The fourth-order valence-electron chi connectivity index (χ4n) is 1.71. The molecule has 0 atom stereocenters. The van der Waals surface area contributed by atoms with E-state index in [0.29, 0.717) is 0 Å². The maximum absolute atomic E-state index is 12.8. The van der Waals surface area contributed by atoms with E-state index in [2.05, 4.69) is 4.42 Å². The standard InChI is InChI=1S/C12H7F6NO2/c13-11(14,15)5-19-6-1-2-9-7(3-6)8(12(16,17)18)4-10(20)21-9/h1-4,19H,5H2. The van der Waals surface area contributed by atoms with Gasteiger partial charge in [-0.2, -0.15) is 26.3 Å². The van der Waals surface area contributed by atoms with E-state index in [-0.39, 0.29) is 17.3 Å². The van der Waals surface area contributed by atoms with Crippen LogP contribution in [0.2, 0.25) is 0 Å². The van der Waals surface area contributed by atoms with Crippen molar-refractivity contribution < 1.29 is 30.8 Å². The van der Waals surface area contributed by atoms with Crippen LogP contribution >= 0.6 is 0 Å². The van der Waals surface area contributed by atoms with Gasteiger partial charge in [0.15, 0.2) is 0 Å². The predicted octanol–water partition coefficient (Wildman–Crippen LogP) is 3.79. The first-order chi connectivity index (χ1) is 9.56. The zero-order valence-corrected chi connectivity index (χ0v) is 10.1. The Morgan fingerprint density at radius 1 is 1.05 bits per heavy atom. The Kier molecular flexibility index (Phi) is 3.60. The number of alkyl halides is 6. The predicted molar refractivity (Wildman–Crippen MR) is 62.0 cm³/mol. The first kappa shape index (κ1) is 15.2. The van der Waals surface area contributed by atoms with Gasteiger partial charge in [0.1, 0.15) is 12.1 Å². The Bertz CT molecular complexity index is 716. The first-order valence-electron chi connectivity index (χ1n) is 5.52. The molecule has 1 N–H and O–H groups in total. The molecule has 3 nitrogen and oxygen atoms in total. The minimum absolute atomic E-state index is 0.167. The third kappa shape index (κ3) is 3.67. The second-order valence-corrected chi connectivity index (χ2v) is 4.16. The molecule has 9 heteroatoms. The highest BCUT2D eigenvalue weighted by molar-refractivity contribution is 5.84. The fraction of sp³-hybridized carbons (Fsp3) is 0.250. The Morgan fingerprint density at radius 2 is 1.71 bits per heavy atom. The Morgan fingerprint density at radius 3 is 2.29 bits per heavy atom. The molecular formula is C12H7F6NO2. The number of hydrogen-bond acceptors (Lipinski definition) is 3. The molecular weight excluding hydrogens is 304 g/mol. The Hall–Kier alpha value is -2.19. The zero-order valence-electron chi connectivity index (χ0n) is 10.1. The molecule has 0 radical (unpaired) electrons. The molecule has 2 aromatic rings. The maximum Gasteiger partial charge on any atom is 0.417 e. The van der Waals surface area contributed by atoms with Crippen LogP contribution in [0.25, 0.3) is 11.0 Å². The molecule has 0 saturated carbocycles. The van der Waals surface area contributed by atoms with E-state index in [4.69, 9.17) is 0 Å². The summed E-state index contributed by atoms with van der Waals surface area (Å²) in [4.78, 5) is 11.1. The zero-order chi connectivity index (χ0) is 15.8. The van der Waals surface area contributed by atoms with E-state index in [1.165, 1.54) is 0 Å². The van der Waals surface area contributed by atoms with Gasteiger partial charge in [-0.3, -0.25) is 0 Å². The van der Waals surface area contributed by atoms with Gasteiger partial charge >= 0.3 is 18.0 Å². The van der Waals surface area contributed by atoms with Crippen molar-refractivity contribution in [2.45, 2.75) is 12.4 Å². The summed E-state index contributed by atoms with van der Waals surface area (Å²) in [5.74, 6) is 0. The monoisotopic (exact) mass is 311 g/mol. The lowest BCUT2D eigenvalue weighted by Gasteiger charge is -2.12. The molecule has 1 aromatic heterocycles.